The van der Waals surface area contributed by atoms with E-state index < -0.39 is 0 Å². The first-order valence-electron chi connectivity index (χ1n) is 7.06. The third kappa shape index (κ3) is 3.14. The molecular formula is C14H24N4O. The maximum Gasteiger partial charge on any atom is 0.276 e. The number of H-pyrrole nitrogens is 1. The summed E-state index contributed by atoms with van der Waals surface area (Å²) in [5.74, 6) is 0.699. The van der Waals surface area contributed by atoms with Gasteiger partial charge in [-0.05, 0) is 37.5 Å². The molecular weight excluding hydrogens is 240 g/mol. The molecule has 0 bridgehead atoms. The second kappa shape index (κ2) is 5.31. The van der Waals surface area contributed by atoms with Crippen molar-refractivity contribution in [2.75, 3.05) is 13.1 Å². The van der Waals surface area contributed by atoms with Crippen LogP contribution < -0.4 is 0 Å². The van der Waals surface area contributed by atoms with Crippen LogP contribution in [0.2, 0.25) is 0 Å². The smallest absolute Gasteiger partial charge is 0.276 e. The molecule has 2 heterocycles. The monoisotopic (exact) mass is 264 g/mol. The largest absolute Gasteiger partial charge is 0.337 e. The summed E-state index contributed by atoms with van der Waals surface area (Å²) in [7, 11) is 0. The average Bonchev–Trinajstić information content (AvgIpc) is 2.62. The minimum atomic E-state index is 0.0146. The van der Waals surface area contributed by atoms with Crippen LogP contribution in [0.3, 0.4) is 0 Å². The molecule has 0 aliphatic carbocycles. The van der Waals surface area contributed by atoms with Crippen LogP contribution in [0.1, 0.15) is 56.2 Å². The van der Waals surface area contributed by atoms with Crippen LogP contribution in [0.25, 0.3) is 0 Å². The second-order valence-corrected chi connectivity index (χ2v) is 6.54. The number of aromatic nitrogens is 3. The van der Waals surface area contributed by atoms with Gasteiger partial charge in [0.15, 0.2) is 5.69 Å². The summed E-state index contributed by atoms with van der Waals surface area (Å²) in [6.07, 6.45) is 3.35. The van der Waals surface area contributed by atoms with Gasteiger partial charge in [0.25, 0.3) is 5.91 Å². The average molecular weight is 264 g/mol. The molecule has 1 aliphatic heterocycles. The van der Waals surface area contributed by atoms with Crippen LogP contribution in [-0.2, 0) is 0 Å². The van der Waals surface area contributed by atoms with Crippen molar-refractivity contribution in [1.29, 1.82) is 0 Å². The Morgan fingerprint density at radius 3 is 2.58 bits per heavy atom. The van der Waals surface area contributed by atoms with Gasteiger partial charge in [-0.25, -0.2) is 0 Å². The maximum atomic E-state index is 12.4. The van der Waals surface area contributed by atoms with Crippen LogP contribution in [0.4, 0.5) is 0 Å². The van der Waals surface area contributed by atoms with Gasteiger partial charge in [0.2, 0.25) is 0 Å². The third-order valence-corrected chi connectivity index (χ3v) is 4.16. The van der Waals surface area contributed by atoms with Crippen LogP contribution in [0.5, 0.6) is 0 Å². The van der Waals surface area contributed by atoms with Crippen LogP contribution in [0, 0.1) is 18.3 Å². The molecule has 1 N–H and O–H groups in total. The van der Waals surface area contributed by atoms with Crippen molar-refractivity contribution >= 4 is 5.91 Å². The lowest BCUT2D eigenvalue weighted by Gasteiger charge is -2.29. The van der Waals surface area contributed by atoms with Gasteiger partial charge in [0, 0.05) is 13.1 Å². The molecule has 1 atom stereocenters. The summed E-state index contributed by atoms with van der Waals surface area (Å²) < 4.78 is 0. The highest BCUT2D eigenvalue weighted by Gasteiger charge is 2.29. The van der Waals surface area contributed by atoms with E-state index in [9.17, 15) is 4.79 Å². The molecule has 1 aromatic rings. The van der Waals surface area contributed by atoms with Crippen LogP contribution in [0.15, 0.2) is 0 Å². The number of nitrogens with one attached hydrogen (secondary N) is 1. The van der Waals surface area contributed by atoms with E-state index in [1.807, 2.05) is 11.8 Å². The summed E-state index contributed by atoms with van der Waals surface area (Å²) in [5.41, 5.74) is 1.47. The predicted molar refractivity (Wildman–Crippen MR) is 73.8 cm³/mol. The summed E-state index contributed by atoms with van der Waals surface area (Å²) in [6, 6.07) is 0. The topological polar surface area (TPSA) is 61.9 Å². The molecule has 1 saturated heterocycles. The van der Waals surface area contributed by atoms with Crippen LogP contribution >= 0.6 is 0 Å². The number of rotatable bonds is 1. The van der Waals surface area contributed by atoms with Crippen molar-refractivity contribution in [1.82, 2.24) is 20.3 Å². The highest BCUT2D eigenvalue weighted by Crippen LogP contribution is 2.34. The molecule has 0 radical (unpaired) electrons. The van der Waals surface area contributed by atoms with Gasteiger partial charge in [-0.2, -0.15) is 15.4 Å². The Hall–Kier alpha value is -1.39. The zero-order valence-corrected chi connectivity index (χ0v) is 12.4. The molecule has 5 nitrogen and oxygen atoms in total. The molecule has 1 amide bonds. The SMILES string of the molecule is Cc1n[nH]nc1C(=O)N1CCC[C@@H](C(C)(C)C)CC1. The Labute approximate surface area is 114 Å². The van der Waals surface area contributed by atoms with Crippen molar-refractivity contribution in [3.63, 3.8) is 0 Å². The fourth-order valence-corrected chi connectivity index (χ4v) is 2.80. The Morgan fingerprint density at radius 2 is 2.00 bits per heavy atom. The molecule has 1 aliphatic rings. The molecule has 106 valence electrons. The minimum Gasteiger partial charge on any atom is -0.337 e. The lowest BCUT2D eigenvalue weighted by atomic mass is 9.77. The highest BCUT2D eigenvalue weighted by molar-refractivity contribution is 5.93. The first-order chi connectivity index (χ1) is 8.89. The first-order valence-corrected chi connectivity index (χ1v) is 7.06. The number of amides is 1. The first kappa shape index (κ1) is 14.0. The van der Waals surface area contributed by atoms with E-state index in [1.54, 1.807) is 0 Å². The molecule has 0 aromatic carbocycles. The molecule has 5 heteroatoms. The zero-order chi connectivity index (χ0) is 14.0. The molecule has 0 saturated carbocycles. The van der Waals surface area contributed by atoms with Gasteiger partial charge in [0.05, 0.1) is 5.69 Å². The Bertz CT molecular complexity index is 447. The number of aromatic amines is 1. The van der Waals surface area contributed by atoms with Gasteiger partial charge in [-0.15, -0.1) is 0 Å². The summed E-state index contributed by atoms with van der Waals surface area (Å²) in [5, 5.41) is 10.4. The number of carbonyl (C=O) groups excluding carboxylic acids is 1. The van der Waals surface area contributed by atoms with E-state index in [1.165, 1.54) is 6.42 Å². The lowest BCUT2D eigenvalue weighted by Crippen LogP contribution is -2.33. The number of hydrogen-bond donors (Lipinski definition) is 1. The van der Waals surface area contributed by atoms with E-state index in [2.05, 4.69) is 36.2 Å². The standard InChI is InChI=1S/C14H24N4O/c1-10-12(16-17-15-10)13(19)18-8-5-6-11(7-9-18)14(2,3)4/h11H,5-9H2,1-4H3,(H,15,16,17)/t11-/m1/s1. The molecule has 2 rings (SSSR count). The number of hydrogen-bond acceptors (Lipinski definition) is 3. The number of aryl methyl sites for hydroxylation is 1. The minimum absolute atomic E-state index is 0.0146. The van der Waals surface area contributed by atoms with E-state index in [0.717, 1.165) is 25.9 Å². The van der Waals surface area contributed by atoms with Crippen LogP contribution in [-0.4, -0.2) is 39.3 Å². The van der Waals surface area contributed by atoms with E-state index in [-0.39, 0.29) is 5.91 Å². The fourth-order valence-electron chi connectivity index (χ4n) is 2.80. The predicted octanol–water partition coefficient (Wildman–Crippen LogP) is 2.40. The fraction of sp³-hybridized carbons (Fsp3) is 0.786. The molecule has 1 aromatic heterocycles. The Kier molecular flexibility index (Phi) is 3.92. The van der Waals surface area contributed by atoms with Crippen molar-refractivity contribution in [2.24, 2.45) is 11.3 Å². The van der Waals surface area contributed by atoms with Gasteiger partial charge in [0.1, 0.15) is 0 Å². The number of likely N-dealkylation sites (tertiary alicyclic amines) is 1. The molecule has 0 unspecified atom stereocenters. The third-order valence-electron chi connectivity index (χ3n) is 4.16. The van der Waals surface area contributed by atoms with Gasteiger partial charge < -0.3 is 4.90 Å². The highest BCUT2D eigenvalue weighted by atomic mass is 16.2. The number of nitrogens with zero attached hydrogens (tertiary/aromatic N) is 3. The lowest BCUT2D eigenvalue weighted by molar-refractivity contribution is 0.0749. The van der Waals surface area contributed by atoms with Crippen molar-refractivity contribution in [3.05, 3.63) is 11.4 Å². The summed E-state index contributed by atoms with van der Waals surface area (Å²) in [4.78, 5) is 14.3. The van der Waals surface area contributed by atoms with Gasteiger partial charge in [-0.1, -0.05) is 20.8 Å². The van der Waals surface area contributed by atoms with Gasteiger partial charge in [-0.3, -0.25) is 4.79 Å². The summed E-state index contributed by atoms with van der Waals surface area (Å²) >= 11 is 0. The quantitative estimate of drug-likeness (QED) is 0.847. The van der Waals surface area contributed by atoms with Crippen molar-refractivity contribution < 1.29 is 4.79 Å². The molecule has 19 heavy (non-hydrogen) atoms. The second-order valence-electron chi connectivity index (χ2n) is 6.54. The zero-order valence-electron chi connectivity index (χ0n) is 12.4. The Morgan fingerprint density at radius 1 is 1.26 bits per heavy atom. The normalized spacial score (nSPS) is 21.3. The van der Waals surface area contributed by atoms with E-state index >= 15 is 0 Å². The van der Waals surface area contributed by atoms with E-state index in [0.29, 0.717) is 22.7 Å². The number of carbonyl (C=O) groups is 1. The van der Waals surface area contributed by atoms with Gasteiger partial charge >= 0.3 is 0 Å². The maximum absolute atomic E-state index is 12.4. The summed E-state index contributed by atoms with van der Waals surface area (Å²) in [6.45, 7) is 10.3. The van der Waals surface area contributed by atoms with E-state index in [4.69, 9.17) is 0 Å². The van der Waals surface area contributed by atoms with Crippen molar-refractivity contribution in [2.45, 2.75) is 47.0 Å². The molecule has 1 fully saturated rings. The Balaban J connectivity index is 2.04. The molecule has 0 spiro atoms. The van der Waals surface area contributed by atoms with Crippen molar-refractivity contribution in [3.8, 4) is 0 Å².